The predicted octanol–water partition coefficient (Wildman–Crippen LogP) is 0.972. The van der Waals surface area contributed by atoms with E-state index < -0.39 is 0 Å². The minimum Gasteiger partial charge on any atom is -0.492 e. The van der Waals surface area contributed by atoms with E-state index in [9.17, 15) is 9.59 Å². The van der Waals surface area contributed by atoms with Crippen molar-refractivity contribution >= 4 is 11.9 Å². The van der Waals surface area contributed by atoms with Gasteiger partial charge in [-0.1, -0.05) is 18.2 Å². The van der Waals surface area contributed by atoms with Gasteiger partial charge in [0.2, 0.25) is 5.91 Å². The summed E-state index contributed by atoms with van der Waals surface area (Å²) in [7, 11) is 0. The smallest absolute Gasteiger partial charge is 0.317 e. The van der Waals surface area contributed by atoms with E-state index >= 15 is 0 Å². The molecule has 0 spiro atoms. The van der Waals surface area contributed by atoms with Crippen molar-refractivity contribution in [3.05, 3.63) is 30.3 Å². The Labute approximate surface area is 124 Å². The number of nitrogens with zero attached hydrogens (tertiary/aromatic N) is 1. The summed E-state index contributed by atoms with van der Waals surface area (Å²) in [5.74, 6) is 0.413. The van der Waals surface area contributed by atoms with E-state index in [1.807, 2.05) is 30.3 Å². The maximum atomic E-state index is 11.9. The van der Waals surface area contributed by atoms with E-state index in [0.29, 0.717) is 39.1 Å². The summed E-state index contributed by atoms with van der Waals surface area (Å²) in [5.41, 5.74) is 5.27. The van der Waals surface area contributed by atoms with E-state index in [2.05, 4.69) is 5.32 Å². The number of nitrogens with two attached hydrogens (primary N) is 1. The quantitative estimate of drug-likeness (QED) is 0.793. The molecule has 0 radical (unpaired) electrons. The number of piperidine rings is 1. The molecule has 3 N–H and O–H groups in total. The number of hydrogen-bond donors (Lipinski definition) is 2. The monoisotopic (exact) mass is 291 g/mol. The molecule has 1 aromatic rings. The highest BCUT2D eigenvalue weighted by Crippen LogP contribution is 2.16. The van der Waals surface area contributed by atoms with Gasteiger partial charge in [0.15, 0.2) is 0 Å². The van der Waals surface area contributed by atoms with E-state index in [1.165, 1.54) is 0 Å². The first kappa shape index (κ1) is 15.2. The largest absolute Gasteiger partial charge is 0.492 e. The molecular weight excluding hydrogens is 270 g/mol. The van der Waals surface area contributed by atoms with Crippen LogP contribution in [0.4, 0.5) is 4.79 Å². The van der Waals surface area contributed by atoms with Gasteiger partial charge in [-0.15, -0.1) is 0 Å². The molecule has 3 amide bonds. The van der Waals surface area contributed by atoms with Gasteiger partial charge in [0.05, 0.1) is 6.54 Å². The number of urea groups is 1. The van der Waals surface area contributed by atoms with Crippen LogP contribution < -0.4 is 15.8 Å². The zero-order valence-electron chi connectivity index (χ0n) is 12.0. The number of nitrogens with one attached hydrogen (secondary N) is 1. The number of hydrogen-bond acceptors (Lipinski definition) is 3. The molecule has 1 aromatic carbocycles. The zero-order chi connectivity index (χ0) is 15.1. The molecule has 0 atom stereocenters. The molecule has 1 heterocycles. The van der Waals surface area contributed by atoms with Gasteiger partial charge in [0, 0.05) is 19.0 Å². The summed E-state index contributed by atoms with van der Waals surface area (Å²) in [6.07, 6.45) is 1.28. The number of benzene rings is 1. The highest BCUT2D eigenvalue weighted by molar-refractivity contribution is 5.78. The zero-order valence-corrected chi connectivity index (χ0v) is 12.0. The lowest BCUT2D eigenvalue weighted by Crippen LogP contribution is -2.47. The predicted molar refractivity (Wildman–Crippen MR) is 78.8 cm³/mol. The number of carbonyl (C=O) groups is 2. The number of likely N-dealkylation sites (tertiary alicyclic amines) is 1. The van der Waals surface area contributed by atoms with E-state index in [0.717, 1.165) is 5.75 Å². The molecule has 0 saturated carbocycles. The van der Waals surface area contributed by atoms with Gasteiger partial charge in [-0.05, 0) is 25.0 Å². The summed E-state index contributed by atoms with van der Waals surface area (Å²) in [6.45, 7) is 2.01. The van der Waals surface area contributed by atoms with Crippen LogP contribution in [0, 0.1) is 5.92 Å². The molecular formula is C15H21N3O3. The fraction of sp³-hybridized carbons (Fsp3) is 0.467. The first-order valence-corrected chi connectivity index (χ1v) is 7.17. The maximum absolute atomic E-state index is 11.9. The van der Waals surface area contributed by atoms with Crippen molar-refractivity contribution in [1.82, 2.24) is 10.2 Å². The molecule has 0 aromatic heterocycles. The van der Waals surface area contributed by atoms with Gasteiger partial charge < -0.3 is 20.7 Å². The topological polar surface area (TPSA) is 84.7 Å². The molecule has 6 heteroatoms. The maximum Gasteiger partial charge on any atom is 0.317 e. The highest BCUT2D eigenvalue weighted by atomic mass is 16.5. The minimum absolute atomic E-state index is 0.101. The van der Waals surface area contributed by atoms with Crippen LogP contribution >= 0.6 is 0 Å². The summed E-state index contributed by atoms with van der Waals surface area (Å²) < 4.78 is 5.50. The Kier molecular flexibility index (Phi) is 5.43. The lowest BCUT2D eigenvalue weighted by molar-refractivity contribution is -0.123. The first-order chi connectivity index (χ1) is 10.2. The second-order valence-electron chi connectivity index (χ2n) is 5.06. The lowest BCUT2D eigenvalue weighted by atomic mass is 9.96. The Balaban J connectivity index is 1.63. The minimum atomic E-state index is -0.272. The van der Waals surface area contributed by atoms with Crippen LogP contribution in [-0.4, -0.2) is 43.1 Å². The van der Waals surface area contributed by atoms with Crippen LogP contribution in [0.15, 0.2) is 30.3 Å². The molecule has 2 rings (SSSR count). The summed E-state index contributed by atoms with van der Waals surface area (Å²) in [4.78, 5) is 24.7. The third-order valence-electron chi connectivity index (χ3n) is 3.57. The average Bonchev–Trinajstić information content (AvgIpc) is 2.52. The summed E-state index contributed by atoms with van der Waals surface area (Å²) in [6, 6.07) is 9.35. The van der Waals surface area contributed by atoms with E-state index in [4.69, 9.17) is 10.5 Å². The van der Waals surface area contributed by atoms with Crippen molar-refractivity contribution in [2.75, 3.05) is 26.2 Å². The van der Waals surface area contributed by atoms with Crippen LogP contribution in [0.3, 0.4) is 0 Å². The summed E-state index contributed by atoms with van der Waals surface area (Å²) in [5, 5.41) is 2.81. The van der Waals surface area contributed by atoms with Crippen molar-refractivity contribution in [2.45, 2.75) is 12.8 Å². The van der Waals surface area contributed by atoms with E-state index in [-0.39, 0.29) is 17.9 Å². The Morgan fingerprint density at radius 2 is 1.90 bits per heavy atom. The number of para-hydroxylation sites is 1. The average molecular weight is 291 g/mol. The van der Waals surface area contributed by atoms with Gasteiger partial charge in [-0.25, -0.2) is 4.79 Å². The lowest BCUT2D eigenvalue weighted by Gasteiger charge is -2.30. The third kappa shape index (κ3) is 4.66. The molecule has 1 aliphatic rings. The van der Waals surface area contributed by atoms with Crippen molar-refractivity contribution in [1.29, 1.82) is 0 Å². The molecule has 1 saturated heterocycles. The standard InChI is InChI=1S/C15H21N3O3/c16-14(19)12-6-9-18(10-7-12)15(20)17-8-11-21-13-4-2-1-3-5-13/h1-5,12H,6-11H2,(H2,16,19)(H,17,20). The molecule has 21 heavy (non-hydrogen) atoms. The van der Waals surface area contributed by atoms with Gasteiger partial charge in [0.1, 0.15) is 12.4 Å². The second-order valence-corrected chi connectivity index (χ2v) is 5.06. The summed E-state index contributed by atoms with van der Waals surface area (Å²) >= 11 is 0. The molecule has 0 aliphatic carbocycles. The van der Waals surface area contributed by atoms with Crippen molar-refractivity contribution in [2.24, 2.45) is 11.7 Å². The first-order valence-electron chi connectivity index (χ1n) is 7.17. The number of ether oxygens (including phenoxy) is 1. The van der Waals surface area contributed by atoms with Crippen molar-refractivity contribution < 1.29 is 14.3 Å². The number of carbonyl (C=O) groups excluding carboxylic acids is 2. The SMILES string of the molecule is NC(=O)C1CCN(C(=O)NCCOc2ccccc2)CC1. The van der Waals surface area contributed by atoms with Crippen molar-refractivity contribution in [3.8, 4) is 5.75 Å². The van der Waals surface area contributed by atoms with Crippen LogP contribution in [0.5, 0.6) is 5.75 Å². The second kappa shape index (κ2) is 7.52. The number of rotatable bonds is 5. The van der Waals surface area contributed by atoms with E-state index in [1.54, 1.807) is 4.90 Å². The third-order valence-corrected chi connectivity index (χ3v) is 3.57. The van der Waals surface area contributed by atoms with Gasteiger partial charge in [-0.2, -0.15) is 0 Å². The van der Waals surface area contributed by atoms with Crippen molar-refractivity contribution in [3.63, 3.8) is 0 Å². The normalized spacial score (nSPS) is 15.5. The van der Waals surface area contributed by atoms with Crippen LogP contribution in [0.2, 0.25) is 0 Å². The van der Waals surface area contributed by atoms with Crippen LogP contribution in [0.1, 0.15) is 12.8 Å². The molecule has 1 fully saturated rings. The fourth-order valence-corrected chi connectivity index (χ4v) is 2.32. The van der Waals surface area contributed by atoms with Gasteiger partial charge in [-0.3, -0.25) is 4.79 Å². The molecule has 114 valence electrons. The fourth-order valence-electron chi connectivity index (χ4n) is 2.32. The Morgan fingerprint density at radius 1 is 1.24 bits per heavy atom. The number of primary amides is 1. The number of amides is 3. The Hall–Kier alpha value is -2.24. The molecule has 6 nitrogen and oxygen atoms in total. The molecule has 0 unspecified atom stereocenters. The Morgan fingerprint density at radius 3 is 2.52 bits per heavy atom. The van der Waals surface area contributed by atoms with Crippen LogP contribution in [-0.2, 0) is 4.79 Å². The Bertz CT molecular complexity index is 470. The molecule has 1 aliphatic heterocycles. The van der Waals surface area contributed by atoms with Crippen LogP contribution in [0.25, 0.3) is 0 Å². The van der Waals surface area contributed by atoms with Gasteiger partial charge in [0.25, 0.3) is 0 Å². The highest BCUT2D eigenvalue weighted by Gasteiger charge is 2.25. The molecule has 0 bridgehead atoms. The van der Waals surface area contributed by atoms with Gasteiger partial charge >= 0.3 is 6.03 Å².